The van der Waals surface area contributed by atoms with E-state index in [2.05, 4.69) is 53.8 Å². The molecule has 0 amide bonds. The minimum absolute atomic E-state index is 0.132. The van der Waals surface area contributed by atoms with Gasteiger partial charge in [-0.15, -0.1) is 0 Å². The third-order valence-electron chi connectivity index (χ3n) is 8.47. The van der Waals surface area contributed by atoms with Crippen LogP contribution in [0.4, 0.5) is 0 Å². The second-order valence-corrected chi connectivity index (χ2v) is 10.6. The summed E-state index contributed by atoms with van der Waals surface area (Å²) >= 11 is 0. The zero-order chi connectivity index (χ0) is 25.1. The van der Waals surface area contributed by atoms with E-state index in [1.54, 1.807) is 14.2 Å². The van der Waals surface area contributed by atoms with Crippen molar-refractivity contribution in [3.8, 4) is 11.5 Å². The molecule has 2 fully saturated rings. The molecule has 5 rings (SSSR count). The highest BCUT2D eigenvalue weighted by molar-refractivity contribution is 5.49. The number of benzene rings is 3. The van der Waals surface area contributed by atoms with E-state index >= 15 is 0 Å². The standard InChI is InChI=1S/C31H37NO4/c1-34-27-12-8-25(9-13-27)31(24-6-4-3-5-7-24,26-10-14-28(35-2)15-11-26)36-23-30(22-33)18-16-29(17-19-30)20-32-21-29/h3-15,32-33H,16-23H2,1-2H3. The van der Waals surface area contributed by atoms with Crippen LogP contribution in [0.1, 0.15) is 42.4 Å². The molecular weight excluding hydrogens is 450 g/mol. The summed E-state index contributed by atoms with van der Waals surface area (Å²) in [6.07, 6.45) is 4.21. The Labute approximate surface area is 214 Å². The molecule has 5 nitrogen and oxygen atoms in total. The quantitative estimate of drug-likeness (QED) is 0.409. The van der Waals surface area contributed by atoms with Gasteiger partial charge in [0.15, 0.2) is 0 Å². The van der Waals surface area contributed by atoms with Gasteiger partial charge in [-0.05, 0) is 72.1 Å². The van der Waals surface area contributed by atoms with E-state index in [9.17, 15) is 5.11 Å². The van der Waals surface area contributed by atoms with Gasteiger partial charge >= 0.3 is 0 Å². The van der Waals surface area contributed by atoms with Crippen LogP contribution < -0.4 is 14.8 Å². The molecule has 1 saturated carbocycles. The number of hydrogen-bond acceptors (Lipinski definition) is 5. The van der Waals surface area contributed by atoms with Crippen molar-refractivity contribution in [1.82, 2.24) is 5.32 Å². The molecule has 2 aliphatic rings. The zero-order valence-electron chi connectivity index (χ0n) is 21.3. The predicted molar refractivity (Wildman–Crippen MR) is 142 cm³/mol. The van der Waals surface area contributed by atoms with Gasteiger partial charge in [0.25, 0.3) is 0 Å². The number of aliphatic hydroxyl groups excluding tert-OH is 1. The van der Waals surface area contributed by atoms with Gasteiger partial charge in [-0.1, -0.05) is 54.6 Å². The van der Waals surface area contributed by atoms with E-state index in [4.69, 9.17) is 14.2 Å². The molecule has 3 aromatic carbocycles. The first kappa shape index (κ1) is 24.8. The lowest BCUT2D eigenvalue weighted by atomic mass is 9.61. The highest BCUT2D eigenvalue weighted by Gasteiger charge is 2.47. The Morgan fingerprint density at radius 1 is 0.722 bits per heavy atom. The topological polar surface area (TPSA) is 60.0 Å². The molecule has 3 aromatic rings. The maximum Gasteiger partial charge on any atom is 0.143 e. The SMILES string of the molecule is COc1ccc(C(OCC2(CO)CCC3(CC2)CNC3)(c2ccccc2)c2ccc(OC)cc2)cc1. The molecule has 0 unspecified atom stereocenters. The molecule has 36 heavy (non-hydrogen) atoms. The van der Waals surface area contributed by atoms with E-state index in [0.717, 1.165) is 67.0 Å². The second-order valence-electron chi connectivity index (χ2n) is 10.6. The van der Waals surface area contributed by atoms with Crippen LogP contribution in [0.5, 0.6) is 11.5 Å². The van der Waals surface area contributed by atoms with Gasteiger partial charge in [-0.25, -0.2) is 0 Å². The molecule has 1 saturated heterocycles. The predicted octanol–water partition coefficient (Wildman–Crippen LogP) is 5.15. The van der Waals surface area contributed by atoms with Gasteiger partial charge < -0.3 is 24.6 Å². The van der Waals surface area contributed by atoms with Crippen molar-refractivity contribution in [3.05, 3.63) is 95.6 Å². The fourth-order valence-electron chi connectivity index (χ4n) is 5.83. The first-order chi connectivity index (χ1) is 17.6. The van der Waals surface area contributed by atoms with Crippen molar-refractivity contribution in [2.75, 3.05) is 40.5 Å². The number of rotatable bonds is 9. The summed E-state index contributed by atoms with van der Waals surface area (Å²) in [5, 5.41) is 14.1. The second kappa shape index (κ2) is 10.3. The number of ether oxygens (including phenoxy) is 3. The van der Waals surface area contributed by atoms with E-state index in [-0.39, 0.29) is 12.0 Å². The van der Waals surface area contributed by atoms with Crippen molar-refractivity contribution >= 4 is 0 Å². The molecule has 0 radical (unpaired) electrons. The molecule has 1 heterocycles. The average Bonchev–Trinajstić information content (AvgIpc) is 2.94. The minimum Gasteiger partial charge on any atom is -0.497 e. The van der Waals surface area contributed by atoms with Crippen molar-refractivity contribution in [2.24, 2.45) is 10.8 Å². The summed E-state index contributed by atoms with van der Waals surface area (Å²) < 4.78 is 18.0. The summed E-state index contributed by atoms with van der Waals surface area (Å²) in [6, 6.07) is 26.6. The van der Waals surface area contributed by atoms with Crippen molar-refractivity contribution in [3.63, 3.8) is 0 Å². The van der Waals surface area contributed by atoms with E-state index in [1.165, 1.54) is 0 Å². The van der Waals surface area contributed by atoms with Crippen LogP contribution >= 0.6 is 0 Å². The Bertz CT molecular complexity index is 1070. The number of nitrogens with one attached hydrogen (secondary N) is 1. The zero-order valence-corrected chi connectivity index (χ0v) is 21.3. The third kappa shape index (κ3) is 4.52. The fraction of sp³-hybridized carbons (Fsp3) is 0.419. The van der Waals surface area contributed by atoms with Gasteiger partial charge in [-0.2, -0.15) is 0 Å². The summed E-state index contributed by atoms with van der Waals surface area (Å²) in [5.41, 5.74) is 2.39. The average molecular weight is 488 g/mol. The molecular formula is C31H37NO4. The Hall–Kier alpha value is -2.86. The molecule has 1 aliphatic carbocycles. The maximum atomic E-state index is 10.6. The lowest BCUT2D eigenvalue weighted by Gasteiger charge is -2.51. The molecule has 0 bridgehead atoms. The van der Waals surface area contributed by atoms with Crippen LogP contribution in [0.15, 0.2) is 78.9 Å². The van der Waals surface area contributed by atoms with E-state index < -0.39 is 5.60 Å². The highest BCUT2D eigenvalue weighted by Crippen LogP contribution is 2.49. The van der Waals surface area contributed by atoms with Gasteiger partial charge in [0, 0.05) is 18.5 Å². The summed E-state index contributed by atoms with van der Waals surface area (Å²) in [7, 11) is 3.36. The maximum absolute atomic E-state index is 10.6. The van der Waals surface area contributed by atoms with Crippen molar-refractivity contribution in [2.45, 2.75) is 31.3 Å². The third-order valence-corrected chi connectivity index (χ3v) is 8.47. The molecule has 0 atom stereocenters. The Morgan fingerprint density at radius 3 is 1.64 bits per heavy atom. The normalized spacial score (nSPS) is 18.4. The fourth-order valence-corrected chi connectivity index (χ4v) is 5.83. The monoisotopic (exact) mass is 487 g/mol. The Kier molecular flexibility index (Phi) is 7.07. The lowest BCUT2D eigenvalue weighted by molar-refractivity contribution is -0.0916. The molecule has 0 aromatic heterocycles. The van der Waals surface area contributed by atoms with Crippen LogP contribution in [0, 0.1) is 10.8 Å². The van der Waals surface area contributed by atoms with Gasteiger partial charge in [0.2, 0.25) is 0 Å². The molecule has 190 valence electrons. The van der Waals surface area contributed by atoms with Gasteiger partial charge in [0.05, 0.1) is 27.4 Å². The van der Waals surface area contributed by atoms with Crippen LogP contribution in [0.3, 0.4) is 0 Å². The summed E-state index contributed by atoms with van der Waals surface area (Å²) in [6.45, 7) is 2.80. The first-order valence-electron chi connectivity index (χ1n) is 12.9. The van der Waals surface area contributed by atoms with Gasteiger partial charge in [0.1, 0.15) is 17.1 Å². The van der Waals surface area contributed by atoms with Crippen LogP contribution in [0.2, 0.25) is 0 Å². The minimum atomic E-state index is -0.852. The molecule has 1 aliphatic heterocycles. The molecule has 1 spiro atoms. The number of aliphatic hydroxyl groups is 1. The lowest BCUT2D eigenvalue weighted by Crippen LogP contribution is -2.57. The van der Waals surface area contributed by atoms with Crippen molar-refractivity contribution in [1.29, 1.82) is 0 Å². The molecule has 5 heteroatoms. The van der Waals surface area contributed by atoms with Crippen LogP contribution in [-0.2, 0) is 10.3 Å². The van der Waals surface area contributed by atoms with Gasteiger partial charge in [-0.3, -0.25) is 0 Å². The summed E-state index contributed by atoms with van der Waals surface area (Å²) in [5.74, 6) is 1.60. The van der Waals surface area contributed by atoms with E-state index in [1.807, 2.05) is 30.3 Å². The number of hydrogen-bond donors (Lipinski definition) is 2. The Balaban J connectivity index is 1.57. The van der Waals surface area contributed by atoms with Crippen LogP contribution in [-0.4, -0.2) is 45.6 Å². The molecule has 2 N–H and O–H groups in total. The first-order valence-corrected chi connectivity index (χ1v) is 12.9. The highest BCUT2D eigenvalue weighted by atomic mass is 16.5. The van der Waals surface area contributed by atoms with E-state index in [0.29, 0.717) is 12.0 Å². The van der Waals surface area contributed by atoms with Crippen molar-refractivity contribution < 1.29 is 19.3 Å². The smallest absolute Gasteiger partial charge is 0.143 e. The van der Waals surface area contributed by atoms with Crippen LogP contribution in [0.25, 0.3) is 0 Å². The summed E-state index contributed by atoms with van der Waals surface area (Å²) in [4.78, 5) is 0. The Morgan fingerprint density at radius 2 is 1.22 bits per heavy atom. The number of methoxy groups -OCH3 is 2. The largest absolute Gasteiger partial charge is 0.497 e.